The van der Waals surface area contributed by atoms with Crippen molar-refractivity contribution in [3.8, 4) is 22.1 Å². The Balaban J connectivity index is 1.61. The van der Waals surface area contributed by atoms with Gasteiger partial charge < -0.3 is 25.1 Å². The number of methoxy groups -OCH3 is 1. The third-order valence-electron chi connectivity index (χ3n) is 4.97. The van der Waals surface area contributed by atoms with Gasteiger partial charge in [-0.25, -0.2) is 0 Å². The maximum atomic E-state index is 13.7. The Morgan fingerprint density at radius 3 is 2.50 bits per heavy atom. The van der Waals surface area contributed by atoms with E-state index in [0.29, 0.717) is 18.0 Å². The Kier molecular flexibility index (Phi) is 8.47. The van der Waals surface area contributed by atoms with E-state index in [9.17, 15) is 18.3 Å². The SMILES string of the molecule is COc1ccccc1CCOCCOc1ccc(-c2nnc(C(C)(N)CO)s2)cc1C(F)(F)F. The van der Waals surface area contributed by atoms with E-state index in [1.54, 1.807) is 14.0 Å². The van der Waals surface area contributed by atoms with Crippen molar-refractivity contribution < 1.29 is 32.5 Å². The standard InChI is InChI=1S/C23H26F3N3O4S/c1-22(27,14-30)21-29-28-20(34-21)16-7-8-19(17(13-16)23(24,25)26)33-12-11-32-10-9-15-5-3-4-6-18(15)31-2/h3-8,13,30H,9-12,14,27H2,1-2H3. The third kappa shape index (κ3) is 6.44. The Morgan fingerprint density at radius 2 is 1.79 bits per heavy atom. The highest BCUT2D eigenvalue weighted by molar-refractivity contribution is 7.14. The first-order valence-corrected chi connectivity index (χ1v) is 11.2. The van der Waals surface area contributed by atoms with E-state index in [1.807, 2.05) is 24.3 Å². The molecule has 0 aliphatic rings. The molecule has 11 heteroatoms. The predicted octanol–water partition coefficient (Wildman–Crippen LogP) is 4.04. The van der Waals surface area contributed by atoms with Crippen LogP contribution in [0.15, 0.2) is 42.5 Å². The second kappa shape index (κ2) is 11.1. The van der Waals surface area contributed by atoms with Crippen molar-refractivity contribution in [2.24, 2.45) is 5.73 Å². The first-order chi connectivity index (χ1) is 16.2. The van der Waals surface area contributed by atoms with Gasteiger partial charge in [-0.05, 0) is 43.2 Å². The number of halogens is 3. The highest BCUT2D eigenvalue weighted by Crippen LogP contribution is 2.39. The largest absolute Gasteiger partial charge is 0.496 e. The van der Waals surface area contributed by atoms with Crippen molar-refractivity contribution >= 4 is 11.3 Å². The first-order valence-electron chi connectivity index (χ1n) is 10.4. The zero-order valence-corrected chi connectivity index (χ0v) is 19.6. The van der Waals surface area contributed by atoms with Gasteiger partial charge in [0, 0.05) is 5.56 Å². The van der Waals surface area contributed by atoms with E-state index in [-0.39, 0.29) is 36.1 Å². The molecule has 1 unspecified atom stereocenters. The maximum Gasteiger partial charge on any atom is 0.419 e. The number of aliphatic hydroxyl groups excluding tert-OH is 1. The summed E-state index contributed by atoms with van der Waals surface area (Å²) in [5.41, 5.74) is 5.09. The zero-order valence-electron chi connectivity index (χ0n) is 18.8. The van der Waals surface area contributed by atoms with Crippen molar-refractivity contribution in [1.82, 2.24) is 10.2 Å². The molecule has 0 radical (unpaired) electrons. The summed E-state index contributed by atoms with van der Waals surface area (Å²) in [6.07, 6.45) is -4.02. The van der Waals surface area contributed by atoms with E-state index in [4.69, 9.17) is 19.9 Å². The molecule has 3 aromatic rings. The molecule has 0 saturated carbocycles. The van der Waals surface area contributed by atoms with Gasteiger partial charge >= 0.3 is 6.18 Å². The van der Waals surface area contributed by atoms with Crippen molar-refractivity contribution in [1.29, 1.82) is 0 Å². The van der Waals surface area contributed by atoms with Gasteiger partial charge in [-0.2, -0.15) is 13.2 Å². The first kappa shape index (κ1) is 25.9. The number of rotatable bonds is 11. The van der Waals surface area contributed by atoms with E-state index < -0.39 is 17.3 Å². The van der Waals surface area contributed by atoms with Crippen LogP contribution in [-0.2, 0) is 22.9 Å². The molecule has 2 aromatic carbocycles. The number of nitrogens with two attached hydrogens (primary N) is 1. The monoisotopic (exact) mass is 497 g/mol. The van der Waals surface area contributed by atoms with Crippen molar-refractivity contribution in [3.63, 3.8) is 0 Å². The molecule has 0 fully saturated rings. The van der Waals surface area contributed by atoms with Crippen LogP contribution in [0, 0.1) is 0 Å². The lowest BCUT2D eigenvalue weighted by Crippen LogP contribution is -2.36. The molecule has 0 aliphatic carbocycles. The van der Waals surface area contributed by atoms with Gasteiger partial charge in [0.25, 0.3) is 0 Å². The summed E-state index contributed by atoms with van der Waals surface area (Å²) in [5.74, 6) is 0.459. The van der Waals surface area contributed by atoms with Gasteiger partial charge in [0.1, 0.15) is 28.1 Å². The van der Waals surface area contributed by atoms with Crippen LogP contribution in [0.1, 0.15) is 23.1 Å². The molecule has 0 bridgehead atoms. The molecular formula is C23H26F3N3O4S. The van der Waals surface area contributed by atoms with Crippen molar-refractivity contribution in [2.75, 3.05) is 33.5 Å². The lowest BCUT2D eigenvalue weighted by atomic mass is 10.1. The summed E-state index contributed by atoms with van der Waals surface area (Å²) >= 11 is 1.03. The maximum absolute atomic E-state index is 13.7. The number of benzene rings is 2. The fourth-order valence-corrected chi connectivity index (χ4v) is 3.94. The van der Waals surface area contributed by atoms with E-state index >= 15 is 0 Å². The highest BCUT2D eigenvalue weighted by atomic mass is 32.1. The van der Waals surface area contributed by atoms with Crippen LogP contribution in [0.2, 0.25) is 0 Å². The number of hydrogen-bond acceptors (Lipinski definition) is 8. The second-order valence-electron chi connectivity index (χ2n) is 7.72. The minimum atomic E-state index is -4.63. The highest BCUT2D eigenvalue weighted by Gasteiger charge is 2.35. The number of nitrogens with zero attached hydrogens (tertiary/aromatic N) is 2. The molecule has 0 spiro atoms. The Labute approximate surface area is 199 Å². The Bertz CT molecular complexity index is 1090. The topological polar surface area (TPSA) is 99.7 Å². The lowest BCUT2D eigenvalue weighted by Gasteiger charge is -2.17. The molecule has 0 saturated heterocycles. The molecule has 3 N–H and O–H groups in total. The molecule has 0 aliphatic heterocycles. The van der Waals surface area contributed by atoms with Gasteiger partial charge in [-0.1, -0.05) is 29.5 Å². The number of hydrogen-bond donors (Lipinski definition) is 2. The summed E-state index contributed by atoms with van der Waals surface area (Å²) in [6.45, 7) is 1.66. The quantitative estimate of drug-likeness (QED) is 0.386. The number of para-hydroxylation sites is 1. The number of ether oxygens (including phenoxy) is 3. The number of alkyl halides is 3. The molecule has 34 heavy (non-hydrogen) atoms. The third-order valence-corrected chi connectivity index (χ3v) is 6.22. The van der Waals surface area contributed by atoms with Crippen LogP contribution in [-0.4, -0.2) is 48.8 Å². The van der Waals surface area contributed by atoms with Crippen LogP contribution < -0.4 is 15.2 Å². The fraction of sp³-hybridized carbons (Fsp3) is 0.391. The van der Waals surface area contributed by atoms with Gasteiger partial charge in [-0.3, -0.25) is 0 Å². The molecule has 0 amide bonds. The Hall–Kier alpha value is -2.73. The Morgan fingerprint density at radius 1 is 1.03 bits per heavy atom. The number of aromatic nitrogens is 2. The normalized spacial score (nSPS) is 13.5. The van der Waals surface area contributed by atoms with Gasteiger partial charge in [0.15, 0.2) is 0 Å². The molecule has 1 atom stereocenters. The lowest BCUT2D eigenvalue weighted by molar-refractivity contribution is -0.139. The molecule has 1 heterocycles. The minimum Gasteiger partial charge on any atom is -0.496 e. The predicted molar refractivity (Wildman–Crippen MR) is 122 cm³/mol. The van der Waals surface area contributed by atoms with Crippen LogP contribution >= 0.6 is 11.3 Å². The fourth-order valence-electron chi connectivity index (χ4n) is 3.05. The average molecular weight is 498 g/mol. The van der Waals surface area contributed by atoms with E-state index in [2.05, 4.69) is 10.2 Å². The molecule has 3 rings (SSSR count). The van der Waals surface area contributed by atoms with E-state index in [1.165, 1.54) is 12.1 Å². The van der Waals surface area contributed by atoms with Crippen LogP contribution in [0.25, 0.3) is 10.6 Å². The second-order valence-corrected chi connectivity index (χ2v) is 8.70. The smallest absolute Gasteiger partial charge is 0.419 e. The van der Waals surface area contributed by atoms with Crippen molar-refractivity contribution in [2.45, 2.75) is 25.1 Å². The molecular weight excluding hydrogens is 471 g/mol. The zero-order chi connectivity index (χ0) is 24.8. The summed E-state index contributed by atoms with van der Waals surface area (Å²) in [5, 5.41) is 17.8. The van der Waals surface area contributed by atoms with E-state index in [0.717, 1.165) is 28.7 Å². The number of aliphatic hydroxyl groups is 1. The van der Waals surface area contributed by atoms with Gasteiger partial charge in [-0.15, -0.1) is 10.2 Å². The van der Waals surface area contributed by atoms with Gasteiger partial charge in [0.2, 0.25) is 0 Å². The van der Waals surface area contributed by atoms with Crippen LogP contribution in [0.3, 0.4) is 0 Å². The minimum absolute atomic E-state index is 0.0423. The van der Waals surface area contributed by atoms with Gasteiger partial charge in [0.05, 0.1) is 38.0 Å². The summed E-state index contributed by atoms with van der Waals surface area (Å²) in [7, 11) is 1.59. The van der Waals surface area contributed by atoms with Crippen LogP contribution in [0.5, 0.6) is 11.5 Å². The molecule has 1 aromatic heterocycles. The molecule has 184 valence electrons. The summed E-state index contributed by atoms with van der Waals surface area (Å²) in [4.78, 5) is 0. The van der Waals surface area contributed by atoms with Crippen LogP contribution in [0.4, 0.5) is 13.2 Å². The summed E-state index contributed by atoms with van der Waals surface area (Å²) in [6, 6.07) is 11.2. The van der Waals surface area contributed by atoms with Crippen molar-refractivity contribution in [3.05, 3.63) is 58.6 Å². The molecule has 7 nitrogen and oxygen atoms in total. The average Bonchev–Trinajstić information content (AvgIpc) is 3.32. The summed E-state index contributed by atoms with van der Waals surface area (Å²) < 4.78 is 57.2.